The summed E-state index contributed by atoms with van der Waals surface area (Å²) in [6, 6.07) is 3.20. The monoisotopic (exact) mass is 218 g/mol. The molecule has 0 aliphatic carbocycles. The van der Waals surface area contributed by atoms with Gasteiger partial charge >= 0.3 is 0 Å². The molecule has 0 aromatic carbocycles. The number of nitrogens with two attached hydrogens (primary N) is 1. The van der Waals surface area contributed by atoms with E-state index in [1.807, 2.05) is 6.92 Å². The predicted octanol–water partition coefficient (Wildman–Crippen LogP) is 1.21. The maximum atomic E-state index is 11.6. The van der Waals surface area contributed by atoms with Crippen LogP contribution in [0.5, 0.6) is 0 Å². The molecule has 0 unspecified atom stereocenters. The number of pyridine rings is 1. The molecule has 2 heterocycles. The van der Waals surface area contributed by atoms with Gasteiger partial charge in [0.25, 0.3) is 5.91 Å². The van der Waals surface area contributed by atoms with Gasteiger partial charge in [0.1, 0.15) is 12.1 Å². The number of nitrogens with one attached hydrogen (secondary N) is 1. The zero-order valence-corrected chi connectivity index (χ0v) is 8.60. The van der Waals surface area contributed by atoms with Crippen molar-refractivity contribution in [2.24, 2.45) is 0 Å². The first-order valence-corrected chi connectivity index (χ1v) is 4.60. The van der Waals surface area contributed by atoms with Gasteiger partial charge < -0.3 is 15.6 Å². The largest absolute Gasteiger partial charge is 0.397 e. The summed E-state index contributed by atoms with van der Waals surface area (Å²) in [5.41, 5.74) is 7.10. The minimum absolute atomic E-state index is 0.207. The molecule has 6 nitrogen and oxygen atoms in total. The number of hydrogen-bond donors (Lipinski definition) is 2. The molecule has 6 heteroatoms. The number of hydrogen-bond acceptors (Lipinski definition) is 5. The van der Waals surface area contributed by atoms with Crippen LogP contribution < -0.4 is 11.1 Å². The van der Waals surface area contributed by atoms with Crippen molar-refractivity contribution in [1.29, 1.82) is 0 Å². The third-order valence-electron chi connectivity index (χ3n) is 2.00. The summed E-state index contributed by atoms with van der Waals surface area (Å²) in [5, 5.41) is 6.13. The molecule has 2 aromatic heterocycles. The molecule has 16 heavy (non-hydrogen) atoms. The average Bonchev–Trinajstić information content (AvgIpc) is 2.75. The summed E-state index contributed by atoms with van der Waals surface area (Å²) >= 11 is 0. The molecular formula is C10H10N4O2. The van der Waals surface area contributed by atoms with E-state index in [1.165, 1.54) is 18.5 Å². The number of nitrogens with zero attached hydrogens (tertiary/aromatic N) is 2. The molecule has 2 rings (SSSR count). The topological polar surface area (TPSA) is 94.0 Å². The van der Waals surface area contributed by atoms with Crippen LogP contribution in [0.4, 0.5) is 11.5 Å². The first kappa shape index (κ1) is 10.2. The van der Waals surface area contributed by atoms with Crippen molar-refractivity contribution in [3.8, 4) is 0 Å². The van der Waals surface area contributed by atoms with E-state index in [2.05, 4.69) is 20.0 Å². The summed E-state index contributed by atoms with van der Waals surface area (Å²) < 4.78 is 4.57. The first-order chi connectivity index (χ1) is 7.66. The van der Waals surface area contributed by atoms with Gasteiger partial charge in [0.2, 0.25) is 0 Å². The van der Waals surface area contributed by atoms with Gasteiger partial charge in [0.15, 0.2) is 5.69 Å². The standard InChI is InChI=1S/C10H10N4O2/c1-6-4-7(11)5-12-9(6)13-10(15)8-2-3-16-14-8/h2-5H,11H2,1H3,(H,12,13,15). The average molecular weight is 218 g/mol. The summed E-state index contributed by atoms with van der Waals surface area (Å²) in [7, 11) is 0. The molecule has 0 saturated carbocycles. The van der Waals surface area contributed by atoms with Crippen molar-refractivity contribution in [3.63, 3.8) is 0 Å². The van der Waals surface area contributed by atoms with Crippen LogP contribution in [-0.4, -0.2) is 16.0 Å². The lowest BCUT2D eigenvalue weighted by Gasteiger charge is -2.05. The maximum absolute atomic E-state index is 11.6. The Morgan fingerprint density at radius 1 is 1.56 bits per heavy atom. The normalized spacial score (nSPS) is 10.1. The number of anilines is 2. The number of rotatable bonds is 2. The Hall–Kier alpha value is -2.37. The van der Waals surface area contributed by atoms with Gasteiger partial charge in [-0.25, -0.2) is 4.98 Å². The summed E-state index contributed by atoms with van der Waals surface area (Å²) in [6.45, 7) is 1.81. The fourth-order valence-corrected chi connectivity index (χ4v) is 1.23. The number of carbonyl (C=O) groups excluding carboxylic acids is 1. The lowest BCUT2D eigenvalue weighted by molar-refractivity contribution is 0.101. The lowest BCUT2D eigenvalue weighted by Crippen LogP contribution is -2.14. The van der Waals surface area contributed by atoms with E-state index in [0.717, 1.165) is 5.56 Å². The second-order valence-electron chi connectivity index (χ2n) is 3.27. The molecule has 0 atom stereocenters. The van der Waals surface area contributed by atoms with Crippen LogP contribution in [-0.2, 0) is 0 Å². The van der Waals surface area contributed by atoms with E-state index in [-0.39, 0.29) is 11.6 Å². The number of amides is 1. The van der Waals surface area contributed by atoms with E-state index in [4.69, 9.17) is 5.73 Å². The van der Waals surface area contributed by atoms with Crippen molar-refractivity contribution in [3.05, 3.63) is 35.9 Å². The molecule has 0 fully saturated rings. The lowest BCUT2D eigenvalue weighted by atomic mass is 10.2. The van der Waals surface area contributed by atoms with Crippen LogP contribution >= 0.6 is 0 Å². The predicted molar refractivity (Wildman–Crippen MR) is 57.8 cm³/mol. The summed E-state index contributed by atoms with van der Waals surface area (Å²) in [4.78, 5) is 15.6. The Balaban J connectivity index is 2.18. The van der Waals surface area contributed by atoms with E-state index >= 15 is 0 Å². The van der Waals surface area contributed by atoms with E-state index in [1.54, 1.807) is 6.07 Å². The van der Waals surface area contributed by atoms with Gasteiger partial charge in [0, 0.05) is 6.07 Å². The fraction of sp³-hybridized carbons (Fsp3) is 0.100. The zero-order chi connectivity index (χ0) is 11.5. The van der Waals surface area contributed by atoms with Crippen molar-refractivity contribution in [2.75, 3.05) is 11.1 Å². The van der Waals surface area contributed by atoms with Crippen molar-refractivity contribution >= 4 is 17.4 Å². The second kappa shape index (κ2) is 4.01. The quantitative estimate of drug-likeness (QED) is 0.790. The number of carbonyl (C=O) groups is 1. The third kappa shape index (κ3) is 2.00. The number of aryl methyl sites for hydroxylation is 1. The van der Waals surface area contributed by atoms with Gasteiger partial charge in [-0.1, -0.05) is 5.16 Å². The van der Waals surface area contributed by atoms with Crippen LogP contribution in [0.1, 0.15) is 16.1 Å². The minimum Gasteiger partial charge on any atom is -0.397 e. The molecule has 0 aliphatic heterocycles. The van der Waals surface area contributed by atoms with E-state index < -0.39 is 0 Å². The Morgan fingerprint density at radius 3 is 3.00 bits per heavy atom. The summed E-state index contributed by atoms with van der Waals surface area (Å²) in [6.07, 6.45) is 2.81. The number of aromatic nitrogens is 2. The van der Waals surface area contributed by atoms with Crippen LogP contribution in [0.2, 0.25) is 0 Å². The molecule has 2 aromatic rings. The van der Waals surface area contributed by atoms with Crippen LogP contribution in [0.25, 0.3) is 0 Å². The summed E-state index contributed by atoms with van der Waals surface area (Å²) in [5.74, 6) is 0.0938. The van der Waals surface area contributed by atoms with Crippen LogP contribution in [0.3, 0.4) is 0 Å². The molecule has 0 spiro atoms. The van der Waals surface area contributed by atoms with Gasteiger partial charge in [-0.05, 0) is 18.6 Å². The van der Waals surface area contributed by atoms with E-state index in [0.29, 0.717) is 11.5 Å². The SMILES string of the molecule is Cc1cc(N)cnc1NC(=O)c1ccon1. The molecule has 0 radical (unpaired) electrons. The Labute approximate surface area is 91.5 Å². The fourth-order valence-electron chi connectivity index (χ4n) is 1.23. The Bertz CT molecular complexity index is 508. The number of nitrogen functional groups attached to an aromatic ring is 1. The van der Waals surface area contributed by atoms with Gasteiger partial charge in [-0.3, -0.25) is 4.79 Å². The minimum atomic E-state index is -0.367. The highest BCUT2D eigenvalue weighted by Crippen LogP contribution is 2.14. The second-order valence-corrected chi connectivity index (χ2v) is 3.27. The van der Waals surface area contributed by atoms with Crippen molar-refractivity contribution in [1.82, 2.24) is 10.1 Å². The maximum Gasteiger partial charge on any atom is 0.279 e. The molecule has 1 amide bonds. The molecular weight excluding hydrogens is 208 g/mol. The van der Waals surface area contributed by atoms with Gasteiger partial charge in [-0.15, -0.1) is 0 Å². The Morgan fingerprint density at radius 2 is 2.38 bits per heavy atom. The molecule has 3 N–H and O–H groups in total. The van der Waals surface area contributed by atoms with Gasteiger partial charge in [-0.2, -0.15) is 0 Å². The van der Waals surface area contributed by atoms with Crippen molar-refractivity contribution < 1.29 is 9.32 Å². The highest BCUT2D eigenvalue weighted by Gasteiger charge is 2.11. The zero-order valence-electron chi connectivity index (χ0n) is 8.60. The van der Waals surface area contributed by atoms with Crippen LogP contribution in [0, 0.1) is 6.92 Å². The smallest absolute Gasteiger partial charge is 0.279 e. The van der Waals surface area contributed by atoms with E-state index in [9.17, 15) is 4.79 Å². The van der Waals surface area contributed by atoms with Crippen LogP contribution in [0.15, 0.2) is 29.1 Å². The highest BCUT2D eigenvalue weighted by atomic mass is 16.5. The molecule has 82 valence electrons. The molecule has 0 saturated heterocycles. The molecule has 0 bridgehead atoms. The first-order valence-electron chi connectivity index (χ1n) is 4.60. The van der Waals surface area contributed by atoms with Gasteiger partial charge in [0.05, 0.1) is 11.9 Å². The highest BCUT2D eigenvalue weighted by molar-refractivity contribution is 6.02. The Kier molecular flexibility index (Phi) is 2.55. The third-order valence-corrected chi connectivity index (χ3v) is 2.00. The molecule has 0 aliphatic rings. The van der Waals surface area contributed by atoms with Crippen molar-refractivity contribution in [2.45, 2.75) is 6.92 Å².